The first kappa shape index (κ1) is 14.7. The molecule has 2 N–H and O–H groups in total. The van der Waals surface area contributed by atoms with Gasteiger partial charge in [-0.15, -0.1) is 0 Å². The lowest BCUT2D eigenvalue weighted by Crippen LogP contribution is -2.42. The number of anilines is 1. The zero-order valence-electron chi connectivity index (χ0n) is 11.0. The Morgan fingerprint density at radius 1 is 1.45 bits per heavy atom. The molecule has 1 fully saturated rings. The number of carboxylic acids is 1. The van der Waals surface area contributed by atoms with Gasteiger partial charge in [0.1, 0.15) is 0 Å². The maximum absolute atomic E-state index is 12.2. The summed E-state index contributed by atoms with van der Waals surface area (Å²) < 4.78 is 28.0. The fourth-order valence-corrected chi connectivity index (χ4v) is 3.46. The van der Waals surface area contributed by atoms with Crippen molar-refractivity contribution in [1.82, 2.24) is 14.3 Å². The molecule has 8 nitrogen and oxygen atoms in total. The van der Waals surface area contributed by atoms with Crippen molar-refractivity contribution in [2.75, 3.05) is 17.8 Å². The van der Waals surface area contributed by atoms with E-state index in [1.807, 2.05) is 6.92 Å². The Morgan fingerprint density at radius 3 is 2.80 bits per heavy atom. The number of hydrogen-bond acceptors (Lipinski definition) is 5. The molecular weight excluding hydrogens is 284 g/mol. The molecule has 0 aromatic carbocycles. The zero-order chi connectivity index (χ0) is 14.8. The molecule has 20 heavy (non-hydrogen) atoms. The first-order chi connectivity index (χ1) is 9.40. The molecule has 1 aliphatic heterocycles. The number of carbonyl (C=O) groups is 1. The molecule has 1 unspecified atom stereocenters. The second-order valence-corrected chi connectivity index (χ2v) is 6.44. The normalized spacial score (nSPS) is 20.6. The van der Waals surface area contributed by atoms with Crippen LogP contribution in [0.5, 0.6) is 0 Å². The molecule has 0 bridgehead atoms. The van der Waals surface area contributed by atoms with E-state index in [0.717, 1.165) is 12.8 Å². The van der Waals surface area contributed by atoms with Gasteiger partial charge in [0.15, 0.2) is 11.5 Å². The standard InChI is InChI=1S/C11H16N4O4S/c1-8-3-2-6-15(7-8)20(18,19)14-10-9(11(16)17)12-4-5-13-10/h4-5,8H,2-3,6-7H2,1H3,(H,13,14)(H,16,17). The Hall–Kier alpha value is -1.74. The summed E-state index contributed by atoms with van der Waals surface area (Å²) in [4.78, 5) is 18.3. The van der Waals surface area contributed by atoms with Crippen LogP contribution in [0.4, 0.5) is 5.82 Å². The number of rotatable bonds is 4. The Bertz CT molecular complexity index is 604. The summed E-state index contributed by atoms with van der Waals surface area (Å²) in [6.07, 6.45) is 4.21. The van der Waals surface area contributed by atoms with Crippen LogP contribution in [0.15, 0.2) is 12.4 Å². The molecule has 0 spiro atoms. The zero-order valence-corrected chi connectivity index (χ0v) is 11.8. The van der Waals surface area contributed by atoms with E-state index in [-0.39, 0.29) is 11.7 Å². The SMILES string of the molecule is CC1CCCN(S(=O)(=O)Nc2nccnc2C(=O)O)C1. The minimum atomic E-state index is -3.81. The van der Waals surface area contributed by atoms with Gasteiger partial charge in [-0.1, -0.05) is 6.92 Å². The number of piperidine rings is 1. The summed E-state index contributed by atoms with van der Waals surface area (Å²) in [5.41, 5.74) is -0.416. The molecule has 1 saturated heterocycles. The lowest BCUT2D eigenvalue weighted by atomic mass is 10.0. The highest BCUT2D eigenvalue weighted by Crippen LogP contribution is 2.20. The first-order valence-corrected chi connectivity index (χ1v) is 7.66. The van der Waals surface area contributed by atoms with Gasteiger partial charge in [0.05, 0.1) is 0 Å². The quantitative estimate of drug-likeness (QED) is 0.840. The molecule has 1 aromatic rings. The summed E-state index contributed by atoms with van der Waals surface area (Å²) in [5, 5.41) is 8.96. The number of nitrogens with one attached hydrogen (secondary N) is 1. The second-order valence-electron chi connectivity index (χ2n) is 4.77. The van der Waals surface area contributed by atoms with Crippen molar-refractivity contribution in [3.05, 3.63) is 18.1 Å². The number of aromatic carboxylic acids is 1. The lowest BCUT2D eigenvalue weighted by molar-refractivity contribution is 0.0691. The minimum absolute atomic E-state index is 0.266. The molecule has 2 rings (SSSR count). The molecule has 1 aliphatic rings. The van der Waals surface area contributed by atoms with Gasteiger partial charge in [-0.05, 0) is 18.8 Å². The molecule has 1 atom stereocenters. The number of aromatic nitrogens is 2. The average Bonchev–Trinajstić information content (AvgIpc) is 2.38. The molecule has 0 saturated carbocycles. The topological polar surface area (TPSA) is 112 Å². The van der Waals surface area contributed by atoms with Gasteiger partial charge in [-0.25, -0.2) is 14.8 Å². The maximum Gasteiger partial charge on any atom is 0.358 e. The lowest BCUT2D eigenvalue weighted by Gasteiger charge is -2.29. The summed E-state index contributed by atoms with van der Waals surface area (Å²) in [7, 11) is -3.81. The van der Waals surface area contributed by atoms with Crippen LogP contribution in [-0.4, -0.2) is 46.9 Å². The van der Waals surface area contributed by atoms with Crippen LogP contribution in [0.25, 0.3) is 0 Å². The van der Waals surface area contributed by atoms with Crippen molar-refractivity contribution < 1.29 is 18.3 Å². The van der Waals surface area contributed by atoms with Gasteiger partial charge in [-0.2, -0.15) is 12.7 Å². The van der Waals surface area contributed by atoms with Crippen molar-refractivity contribution in [3.63, 3.8) is 0 Å². The Balaban J connectivity index is 2.22. The average molecular weight is 300 g/mol. The Kier molecular flexibility index (Phi) is 4.19. The van der Waals surface area contributed by atoms with Crippen LogP contribution in [0.2, 0.25) is 0 Å². The summed E-state index contributed by atoms with van der Waals surface area (Å²) in [6, 6.07) is 0. The molecule has 0 amide bonds. The van der Waals surface area contributed by atoms with E-state index in [1.165, 1.54) is 16.7 Å². The fourth-order valence-electron chi connectivity index (χ4n) is 2.12. The van der Waals surface area contributed by atoms with Crippen LogP contribution < -0.4 is 4.72 Å². The number of carboxylic acid groups (broad SMARTS) is 1. The highest BCUT2D eigenvalue weighted by atomic mass is 32.2. The number of nitrogens with zero attached hydrogens (tertiary/aromatic N) is 3. The van der Waals surface area contributed by atoms with Crippen LogP contribution in [-0.2, 0) is 10.2 Å². The third kappa shape index (κ3) is 3.23. The number of hydrogen-bond donors (Lipinski definition) is 2. The summed E-state index contributed by atoms with van der Waals surface area (Å²) >= 11 is 0. The van der Waals surface area contributed by atoms with Gasteiger partial charge in [-0.3, -0.25) is 4.72 Å². The van der Waals surface area contributed by atoms with Crippen molar-refractivity contribution in [2.24, 2.45) is 5.92 Å². The van der Waals surface area contributed by atoms with E-state index in [0.29, 0.717) is 13.1 Å². The van der Waals surface area contributed by atoms with Gasteiger partial charge in [0, 0.05) is 25.5 Å². The first-order valence-electron chi connectivity index (χ1n) is 6.22. The maximum atomic E-state index is 12.2. The van der Waals surface area contributed by atoms with Crippen molar-refractivity contribution in [2.45, 2.75) is 19.8 Å². The molecule has 110 valence electrons. The molecule has 0 radical (unpaired) electrons. The van der Waals surface area contributed by atoms with Crippen molar-refractivity contribution in [1.29, 1.82) is 0 Å². The van der Waals surface area contributed by atoms with Crippen molar-refractivity contribution in [3.8, 4) is 0 Å². The third-order valence-electron chi connectivity index (χ3n) is 3.09. The Morgan fingerprint density at radius 2 is 2.15 bits per heavy atom. The molecular formula is C11H16N4O4S. The second kappa shape index (κ2) is 5.71. The van der Waals surface area contributed by atoms with E-state index < -0.39 is 21.9 Å². The van der Waals surface area contributed by atoms with Gasteiger partial charge >= 0.3 is 16.2 Å². The van der Waals surface area contributed by atoms with E-state index in [4.69, 9.17) is 5.11 Å². The molecule has 2 heterocycles. The smallest absolute Gasteiger partial charge is 0.358 e. The van der Waals surface area contributed by atoms with Gasteiger partial charge in [0.25, 0.3) is 0 Å². The molecule has 1 aromatic heterocycles. The van der Waals surface area contributed by atoms with E-state index >= 15 is 0 Å². The molecule has 9 heteroatoms. The predicted octanol–water partition coefficient (Wildman–Crippen LogP) is 0.563. The van der Waals surface area contributed by atoms with E-state index in [2.05, 4.69) is 14.7 Å². The monoisotopic (exact) mass is 300 g/mol. The van der Waals surface area contributed by atoms with Crippen LogP contribution in [0.1, 0.15) is 30.3 Å². The van der Waals surface area contributed by atoms with Crippen LogP contribution >= 0.6 is 0 Å². The largest absolute Gasteiger partial charge is 0.476 e. The highest BCUT2D eigenvalue weighted by molar-refractivity contribution is 7.90. The van der Waals surface area contributed by atoms with E-state index in [9.17, 15) is 13.2 Å². The van der Waals surface area contributed by atoms with E-state index in [1.54, 1.807) is 0 Å². The van der Waals surface area contributed by atoms with Crippen molar-refractivity contribution >= 4 is 22.0 Å². The summed E-state index contributed by atoms with van der Waals surface area (Å²) in [6.45, 7) is 2.81. The third-order valence-corrected chi connectivity index (χ3v) is 4.55. The summed E-state index contributed by atoms with van der Waals surface area (Å²) in [5.74, 6) is -1.32. The predicted molar refractivity (Wildman–Crippen MR) is 71.5 cm³/mol. The molecule has 0 aliphatic carbocycles. The van der Waals surface area contributed by atoms with Crippen LogP contribution in [0.3, 0.4) is 0 Å². The fraction of sp³-hybridized carbons (Fsp3) is 0.545. The Labute approximate surface area is 117 Å². The van der Waals surface area contributed by atoms with Crippen LogP contribution in [0, 0.1) is 5.92 Å². The highest BCUT2D eigenvalue weighted by Gasteiger charge is 2.28. The van der Waals surface area contributed by atoms with Gasteiger partial charge < -0.3 is 5.11 Å². The minimum Gasteiger partial charge on any atom is -0.476 e. The van der Waals surface area contributed by atoms with Gasteiger partial charge in [0.2, 0.25) is 0 Å².